The van der Waals surface area contributed by atoms with Crippen LogP contribution in [0.5, 0.6) is 0 Å². The first-order chi connectivity index (χ1) is 15.7. The van der Waals surface area contributed by atoms with Crippen molar-refractivity contribution in [2.75, 3.05) is 6.54 Å². The largest absolute Gasteiger partial charge is 0.480 e. The molecule has 2 aromatic rings. The summed E-state index contributed by atoms with van der Waals surface area (Å²) in [6.07, 6.45) is 6.66. The number of H-pyrrole nitrogens is 2. The number of hydrogen-bond donors (Lipinski definition) is 7. The van der Waals surface area contributed by atoms with Crippen LogP contribution in [0.4, 0.5) is 0 Å². The van der Waals surface area contributed by atoms with Crippen LogP contribution in [0.25, 0.3) is 0 Å². The second kappa shape index (κ2) is 12.3. The molecule has 0 radical (unpaired) electrons. The first kappa shape index (κ1) is 25.5. The smallest absolute Gasteiger partial charge is 0.322 e. The van der Waals surface area contributed by atoms with Crippen molar-refractivity contribution in [2.45, 2.75) is 51.2 Å². The number of amides is 3. The number of rotatable bonds is 13. The minimum atomic E-state index is -1.22. The first-order valence-corrected chi connectivity index (χ1v) is 10.5. The molecule has 0 saturated carbocycles. The second-order valence-electron chi connectivity index (χ2n) is 7.71. The van der Waals surface area contributed by atoms with Crippen LogP contribution in [0.3, 0.4) is 0 Å². The van der Waals surface area contributed by atoms with Gasteiger partial charge in [0.25, 0.3) is 0 Å². The van der Waals surface area contributed by atoms with Crippen molar-refractivity contribution >= 4 is 23.7 Å². The molecular formula is C20H30N8O5. The summed E-state index contributed by atoms with van der Waals surface area (Å²) in [5.41, 5.74) is 7.15. The summed E-state index contributed by atoms with van der Waals surface area (Å²) in [4.78, 5) is 62.7. The Balaban J connectivity index is 2.18. The van der Waals surface area contributed by atoms with Crippen molar-refractivity contribution in [1.29, 1.82) is 0 Å². The lowest BCUT2D eigenvalue weighted by atomic mass is 9.98. The number of carbonyl (C=O) groups excluding carboxylic acids is 3. The number of aliphatic carboxylic acids is 1. The monoisotopic (exact) mass is 462 g/mol. The summed E-state index contributed by atoms with van der Waals surface area (Å²) in [6.45, 7) is 3.13. The minimum Gasteiger partial charge on any atom is -0.480 e. The Kier molecular flexibility index (Phi) is 9.54. The van der Waals surface area contributed by atoms with Gasteiger partial charge in [0.2, 0.25) is 17.7 Å². The highest BCUT2D eigenvalue weighted by molar-refractivity contribution is 5.94. The van der Waals surface area contributed by atoms with E-state index in [1.165, 1.54) is 25.0 Å². The lowest BCUT2D eigenvalue weighted by Gasteiger charge is -2.25. The molecule has 13 nitrogen and oxygen atoms in total. The number of nitrogens with two attached hydrogens (primary N) is 1. The lowest BCUT2D eigenvalue weighted by Crippen LogP contribution is -2.57. The van der Waals surface area contributed by atoms with Gasteiger partial charge in [-0.25, -0.2) is 9.97 Å². The van der Waals surface area contributed by atoms with E-state index in [4.69, 9.17) is 10.8 Å². The Hall–Kier alpha value is -3.74. The van der Waals surface area contributed by atoms with Crippen LogP contribution in [0.2, 0.25) is 0 Å². The van der Waals surface area contributed by atoms with Gasteiger partial charge in [-0.05, 0) is 5.92 Å². The molecule has 8 N–H and O–H groups in total. The van der Waals surface area contributed by atoms with E-state index in [0.717, 1.165) is 0 Å². The molecule has 0 aromatic carbocycles. The number of aromatic amines is 2. The van der Waals surface area contributed by atoms with E-state index in [2.05, 4.69) is 35.9 Å². The van der Waals surface area contributed by atoms with Crippen LogP contribution in [0.15, 0.2) is 25.0 Å². The highest BCUT2D eigenvalue weighted by Crippen LogP contribution is 2.08. The molecule has 0 aliphatic carbocycles. The third-order valence-electron chi connectivity index (χ3n) is 5.20. The molecule has 4 unspecified atom stereocenters. The predicted octanol–water partition coefficient (Wildman–Crippen LogP) is -1.54. The van der Waals surface area contributed by atoms with Crippen LogP contribution >= 0.6 is 0 Å². The predicted molar refractivity (Wildman–Crippen MR) is 117 cm³/mol. The second-order valence-corrected chi connectivity index (χ2v) is 7.71. The van der Waals surface area contributed by atoms with Gasteiger partial charge in [0.15, 0.2) is 0 Å². The van der Waals surface area contributed by atoms with Crippen LogP contribution in [0.1, 0.15) is 31.7 Å². The number of carboxylic acid groups (broad SMARTS) is 1. The van der Waals surface area contributed by atoms with Gasteiger partial charge < -0.3 is 36.8 Å². The maximum Gasteiger partial charge on any atom is 0.322 e. The number of nitrogens with one attached hydrogen (secondary N) is 5. The first-order valence-electron chi connectivity index (χ1n) is 10.5. The fourth-order valence-electron chi connectivity index (χ4n) is 2.99. The molecule has 3 amide bonds. The molecular weight excluding hydrogens is 432 g/mol. The molecule has 0 fully saturated rings. The molecule has 180 valence electrons. The van der Waals surface area contributed by atoms with Gasteiger partial charge in [-0.15, -0.1) is 0 Å². The van der Waals surface area contributed by atoms with E-state index < -0.39 is 48.4 Å². The standard InChI is InChI=1S/C20H30N8O5/c1-3-11(2)17(21)20(33)28-15(5-13-7-23-10-26-13)19(32)27-14(4-12-6-22-9-25-12)18(31)24-8-16(29)30/h6-7,9-11,14-15,17H,3-5,8,21H2,1-2H3,(H,22,25)(H,23,26)(H,24,31)(H,27,32)(H,28,33)(H,29,30). The van der Waals surface area contributed by atoms with Crippen LogP contribution < -0.4 is 21.7 Å². The van der Waals surface area contributed by atoms with Crippen molar-refractivity contribution in [1.82, 2.24) is 35.9 Å². The molecule has 13 heteroatoms. The van der Waals surface area contributed by atoms with E-state index in [0.29, 0.717) is 17.8 Å². The van der Waals surface area contributed by atoms with Gasteiger partial charge in [0.1, 0.15) is 18.6 Å². The minimum absolute atomic E-state index is 0.0360. The summed E-state index contributed by atoms with van der Waals surface area (Å²) in [7, 11) is 0. The van der Waals surface area contributed by atoms with Gasteiger partial charge in [-0.3, -0.25) is 19.2 Å². The molecule has 0 spiro atoms. The number of imidazole rings is 2. The highest BCUT2D eigenvalue weighted by Gasteiger charge is 2.30. The third kappa shape index (κ3) is 8.03. The molecule has 2 aromatic heterocycles. The van der Waals surface area contributed by atoms with Gasteiger partial charge in [-0.2, -0.15) is 0 Å². The fraction of sp³-hybridized carbons (Fsp3) is 0.500. The van der Waals surface area contributed by atoms with Gasteiger partial charge in [-0.1, -0.05) is 20.3 Å². The average molecular weight is 463 g/mol. The molecule has 33 heavy (non-hydrogen) atoms. The van der Waals surface area contributed by atoms with E-state index in [1.807, 2.05) is 13.8 Å². The highest BCUT2D eigenvalue weighted by atomic mass is 16.4. The zero-order valence-corrected chi connectivity index (χ0v) is 18.5. The van der Waals surface area contributed by atoms with Crippen LogP contribution in [-0.2, 0) is 32.0 Å². The molecule has 0 aliphatic heterocycles. The topological polar surface area (TPSA) is 208 Å². The summed E-state index contributed by atoms with van der Waals surface area (Å²) in [5, 5.41) is 16.3. The number of carbonyl (C=O) groups is 4. The van der Waals surface area contributed by atoms with Crippen molar-refractivity contribution in [3.8, 4) is 0 Å². The SMILES string of the molecule is CCC(C)C(N)C(=O)NC(Cc1cnc[nH]1)C(=O)NC(Cc1cnc[nH]1)C(=O)NCC(=O)O. The average Bonchev–Trinajstić information content (AvgIpc) is 3.49. The summed E-state index contributed by atoms with van der Waals surface area (Å²) >= 11 is 0. The number of nitrogens with zero attached hydrogens (tertiary/aromatic N) is 2. The summed E-state index contributed by atoms with van der Waals surface area (Å²) in [5.74, 6) is -3.15. The van der Waals surface area contributed by atoms with E-state index in [-0.39, 0.29) is 18.8 Å². The summed E-state index contributed by atoms with van der Waals surface area (Å²) in [6, 6.07) is -2.97. The fourth-order valence-corrected chi connectivity index (χ4v) is 2.99. The number of carboxylic acids is 1. The lowest BCUT2D eigenvalue weighted by molar-refractivity contribution is -0.138. The number of aromatic nitrogens is 4. The van der Waals surface area contributed by atoms with Crippen molar-refractivity contribution < 1.29 is 24.3 Å². The zero-order chi connectivity index (χ0) is 24.4. The Morgan fingerprint density at radius 2 is 1.48 bits per heavy atom. The Bertz CT molecular complexity index is 915. The molecule has 4 atom stereocenters. The maximum atomic E-state index is 13.1. The third-order valence-corrected chi connectivity index (χ3v) is 5.20. The number of hydrogen-bond acceptors (Lipinski definition) is 7. The van der Waals surface area contributed by atoms with Crippen LogP contribution in [-0.4, -0.2) is 73.4 Å². The molecule has 0 saturated heterocycles. The van der Waals surface area contributed by atoms with Gasteiger partial charge in [0, 0.05) is 36.6 Å². The zero-order valence-electron chi connectivity index (χ0n) is 18.5. The van der Waals surface area contributed by atoms with E-state index >= 15 is 0 Å². The Labute approximate surface area is 190 Å². The van der Waals surface area contributed by atoms with Crippen molar-refractivity contribution in [2.24, 2.45) is 11.7 Å². The Morgan fingerprint density at radius 3 is 1.94 bits per heavy atom. The normalized spacial score (nSPS) is 14.5. The molecule has 2 rings (SSSR count). The quantitative estimate of drug-likeness (QED) is 0.185. The van der Waals surface area contributed by atoms with Crippen molar-refractivity contribution in [3.63, 3.8) is 0 Å². The van der Waals surface area contributed by atoms with Gasteiger partial charge in [0.05, 0.1) is 18.7 Å². The molecule has 0 bridgehead atoms. The van der Waals surface area contributed by atoms with E-state index in [1.54, 1.807) is 0 Å². The van der Waals surface area contributed by atoms with Crippen LogP contribution in [0, 0.1) is 5.92 Å². The van der Waals surface area contributed by atoms with E-state index in [9.17, 15) is 19.2 Å². The van der Waals surface area contributed by atoms with Gasteiger partial charge >= 0.3 is 5.97 Å². The Morgan fingerprint density at radius 1 is 0.970 bits per heavy atom. The molecule has 0 aliphatic rings. The summed E-state index contributed by atoms with van der Waals surface area (Å²) < 4.78 is 0. The van der Waals surface area contributed by atoms with Crippen molar-refractivity contribution in [3.05, 3.63) is 36.4 Å². The maximum absolute atomic E-state index is 13.1. The molecule has 2 heterocycles.